The van der Waals surface area contributed by atoms with Gasteiger partial charge >= 0.3 is 0 Å². The van der Waals surface area contributed by atoms with Crippen LogP contribution in [0.1, 0.15) is 0 Å². The monoisotopic (exact) mass is 297 g/mol. The molecule has 1 aromatic rings. The Morgan fingerprint density at radius 3 is 3.15 bits per heavy atom. The molecule has 1 saturated heterocycles. The molecular formula is C14H20ClN3O2. The predicted octanol–water partition coefficient (Wildman–Crippen LogP) is 1.20. The SMILES string of the molecule is CN(CC(=O)Nc1cccc(Cl)c1)CC1CNCCO1. The molecule has 110 valence electrons. The van der Waals surface area contributed by atoms with Crippen molar-refractivity contribution in [1.82, 2.24) is 10.2 Å². The van der Waals surface area contributed by atoms with Gasteiger partial charge in [-0.05, 0) is 25.2 Å². The van der Waals surface area contributed by atoms with Crippen molar-refractivity contribution in [3.8, 4) is 0 Å². The number of morpholine rings is 1. The number of likely N-dealkylation sites (N-methyl/N-ethyl adjacent to an activating group) is 1. The largest absolute Gasteiger partial charge is 0.374 e. The normalized spacial score (nSPS) is 19.1. The smallest absolute Gasteiger partial charge is 0.238 e. The Kier molecular flexibility index (Phi) is 5.79. The van der Waals surface area contributed by atoms with Crippen molar-refractivity contribution < 1.29 is 9.53 Å². The minimum Gasteiger partial charge on any atom is -0.374 e. The summed E-state index contributed by atoms with van der Waals surface area (Å²) in [6, 6.07) is 7.13. The molecule has 0 aromatic heterocycles. The number of ether oxygens (including phenoxy) is 1. The Morgan fingerprint density at radius 1 is 1.60 bits per heavy atom. The van der Waals surface area contributed by atoms with Crippen molar-refractivity contribution in [2.45, 2.75) is 6.10 Å². The summed E-state index contributed by atoms with van der Waals surface area (Å²) < 4.78 is 5.61. The van der Waals surface area contributed by atoms with Crippen LogP contribution in [0, 0.1) is 0 Å². The minimum absolute atomic E-state index is 0.0569. The summed E-state index contributed by atoms with van der Waals surface area (Å²) >= 11 is 5.88. The maximum absolute atomic E-state index is 11.9. The molecule has 1 aromatic carbocycles. The average molecular weight is 298 g/mol. The number of nitrogens with zero attached hydrogens (tertiary/aromatic N) is 1. The molecule has 0 saturated carbocycles. The van der Waals surface area contributed by atoms with Gasteiger partial charge in [0, 0.05) is 30.3 Å². The molecule has 2 rings (SSSR count). The standard InChI is InChI=1S/C14H20ClN3O2/c1-18(9-13-8-16-5-6-20-13)10-14(19)17-12-4-2-3-11(15)7-12/h2-4,7,13,16H,5-6,8-10H2,1H3,(H,17,19). The molecule has 2 N–H and O–H groups in total. The van der Waals surface area contributed by atoms with Gasteiger partial charge in [-0.2, -0.15) is 0 Å². The molecule has 1 unspecified atom stereocenters. The number of rotatable bonds is 5. The molecule has 1 amide bonds. The Labute approximate surface area is 124 Å². The van der Waals surface area contributed by atoms with E-state index in [4.69, 9.17) is 16.3 Å². The van der Waals surface area contributed by atoms with Gasteiger partial charge in [0.25, 0.3) is 0 Å². The molecule has 1 aliphatic heterocycles. The van der Waals surface area contributed by atoms with Gasteiger partial charge in [-0.1, -0.05) is 17.7 Å². The van der Waals surface area contributed by atoms with Gasteiger partial charge in [0.15, 0.2) is 0 Å². The number of hydrogen-bond acceptors (Lipinski definition) is 4. The van der Waals surface area contributed by atoms with Crippen LogP contribution in [0.15, 0.2) is 24.3 Å². The second-order valence-electron chi connectivity index (χ2n) is 4.95. The number of amides is 1. The summed E-state index contributed by atoms with van der Waals surface area (Å²) in [7, 11) is 1.91. The lowest BCUT2D eigenvalue weighted by molar-refractivity contribution is -0.117. The first-order valence-corrected chi connectivity index (χ1v) is 7.07. The van der Waals surface area contributed by atoms with Crippen LogP contribution in [0.5, 0.6) is 0 Å². The van der Waals surface area contributed by atoms with Crippen molar-refractivity contribution in [2.75, 3.05) is 45.2 Å². The molecule has 1 atom stereocenters. The lowest BCUT2D eigenvalue weighted by Crippen LogP contribution is -2.45. The highest BCUT2D eigenvalue weighted by molar-refractivity contribution is 6.30. The van der Waals surface area contributed by atoms with Crippen LogP contribution in [0.2, 0.25) is 5.02 Å². The second-order valence-corrected chi connectivity index (χ2v) is 5.39. The molecule has 5 nitrogen and oxygen atoms in total. The topological polar surface area (TPSA) is 53.6 Å². The number of carbonyl (C=O) groups is 1. The van der Waals surface area contributed by atoms with Gasteiger partial charge in [-0.15, -0.1) is 0 Å². The first-order valence-electron chi connectivity index (χ1n) is 6.70. The molecular weight excluding hydrogens is 278 g/mol. The molecule has 20 heavy (non-hydrogen) atoms. The van der Waals surface area contributed by atoms with Crippen molar-refractivity contribution >= 4 is 23.2 Å². The first-order chi connectivity index (χ1) is 9.63. The summed E-state index contributed by atoms with van der Waals surface area (Å²) in [5, 5.41) is 6.71. The van der Waals surface area contributed by atoms with Crippen LogP contribution >= 0.6 is 11.6 Å². The van der Waals surface area contributed by atoms with Crippen LogP contribution in [0.3, 0.4) is 0 Å². The van der Waals surface area contributed by atoms with Crippen LogP contribution < -0.4 is 10.6 Å². The molecule has 0 aliphatic carbocycles. The number of benzene rings is 1. The van der Waals surface area contributed by atoms with E-state index >= 15 is 0 Å². The zero-order valence-corrected chi connectivity index (χ0v) is 12.3. The van der Waals surface area contributed by atoms with E-state index in [1.807, 2.05) is 24.1 Å². The van der Waals surface area contributed by atoms with Crippen LogP contribution in [-0.2, 0) is 9.53 Å². The third-order valence-corrected chi connectivity index (χ3v) is 3.28. The zero-order chi connectivity index (χ0) is 14.4. The predicted molar refractivity (Wildman–Crippen MR) is 80.2 cm³/mol. The Hall–Kier alpha value is -1.14. The number of halogens is 1. The van der Waals surface area contributed by atoms with E-state index in [0.29, 0.717) is 17.3 Å². The number of anilines is 1. The fourth-order valence-electron chi connectivity index (χ4n) is 2.16. The van der Waals surface area contributed by atoms with Gasteiger partial charge in [0.05, 0.1) is 19.3 Å². The number of carbonyl (C=O) groups excluding carboxylic acids is 1. The first kappa shape index (κ1) is 15.3. The highest BCUT2D eigenvalue weighted by atomic mass is 35.5. The lowest BCUT2D eigenvalue weighted by atomic mass is 10.3. The van der Waals surface area contributed by atoms with Crippen molar-refractivity contribution in [3.05, 3.63) is 29.3 Å². The maximum atomic E-state index is 11.9. The molecule has 6 heteroatoms. The highest BCUT2D eigenvalue weighted by Crippen LogP contribution is 2.14. The summed E-state index contributed by atoms with van der Waals surface area (Å²) in [6.07, 6.45) is 0.146. The van der Waals surface area contributed by atoms with Crippen LogP contribution in [0.25, 0.3) is 0 Å². The molecule has 0 spiro atoms. The van der Waals surface area contributed by atoms with E-state index in [1.165, 1.54) is 0 Å². The fourth-order valence-corrected chi connectivity index (χ4v) is 2.35. The van der Waals surface area contributed by atoms with Crippen molar-refractivity contribution in [3.63, 3.8) is 0 Å². The highest BCUT2D eigenvalue weighted by Gasteiger charge is 2.16. The maximum Gasteiger partial charge on any atom is 0.238 e. The third-order valence-electron chi connectivity index (χ3n) is 3.04. The number of nitrogens with one attached hydrogen (secondary N) is 2. The minimum atomic E-state index is -0.0569. The third kappa shape index (κ3) is 5.09. The van der Waals surface area contributed by atoms with E-state index in [-0.39, 0.29) is 12.0 Å². The van der Waals surface area contributed by atoms with Gasteiger partial charge in [-0.25, -0.2) is 0 Å². The Morgan fingerprint density at radius 2 is 2.45 bits per heavy atom. The molecule has 1 aliphatic rings. The van der Waals surface area contributed by atoms with Gasteiger partial charge in [0.1, 0.15) is 0 Å². The van der Waals surface area contributed by atoms with E-state index in [1.54, 1.807) is 12.1 Å². The second kappa shape index (κ2) is 7.59. The summed E-state index contributed by atoms with van der Waals surface area (Å²) in [5.74, 6) is -0.0569. The Bertz CT molecular complexity index is 450. The molecule has 1 fully saturated rings. The summed E-state index contributed by atoms with van der Waals surface area (Å²) in [5.41, 5.74) is 0.714. The van der Waals surface area contributed by atoms with E-state index in [9.17, 15) is 4.79 Å². The fraction of sp³-hybridized carbons (Fsp3) is 0.500. The summed E-state index contributed by atoms with van der Waals surface area (Å²) in [6.45, 7) is 3.52. The Balaban J connectivity index is 1.75. The molecule has 0 radical (unpaired) electrons. The van der Waals surface area contributed by atoms with E-state index in [2.05, 4.69) is 10.6 Å². The summed E-state index contributed by atoms with van der Waals surface area (Å²) in [4.78, 5) is 13.9. The average Bonchev–Trinajstić information content (AvgIpc) is 2.39. The van der Waals surface area contributed by atoms with Crippen molar-refractivity contribution in [2.24, 2.45) is 0 Å². The van der Waals surface area contributed by atoms with Crippen LogP contribution in [0.4, 0.5) is 5.69 Å². The molecule has 0 bridgehead atoms. The van der Waals surface area contributed by atoms with Gasteiger partial charge in [0.2, 0.25) is 5.91 Å². The van der Waals surface area contributed by atoms with Crippen LogP contribution in [-0.4, -0.2) is 56.7 Å². The lowest BCUT2D eigenvalue weighted by Gasteiger charge is -2.27. The van der Waals surface area contributed by atoms with E-state index < -0.39 is 0 Å². The van der Waals surface area contributed by atoms with Gasteiger partial charge in [-0.3, -0.25) is 9.69 Å². The molecule has 1 heterocycles. The number of hydrogen-bond donors (Lipinski definition) is 2. The quantitative estimate of drug-likeness (QED) is 0.857. The van der Waals surface area contributed by atoms with E-state index in [0.717, 1.165) is 26.2 Å². The van der Waals surface area contributed by atoms with Crippen molar-refractivity contribution in [1.29, 1.82) is 0 Å². The zero-order valence-electron chi connectivity index (χ0n) is 11.6. The van der Waals surface area contributed by atoms with Gasteiger partial charge < -0.3 is 15.4 Å².